The standard InChI is InChI=1S/C23H18N2O2/c1-16(26)24-18-11-13-19(14-12-18)25-21-15-23(17-7-3-2-4-8-17)27-22-10-6-5-9-20(21)22/h2-15H,1H3,(H,24,26). The van der Waals surface area contributed by atoms with E-state index in [-0.39, 0.29) is 5.91 Å². The van der Waals surface area contributed by atoms with Crippen molar-refractivity contribution in [3.05, 3.63) is 90.3 Å². The Hall–Kier alpha value is -3.66. The van der Waals surface area contributed by atoms with E-state index in [4.69, 9.17) is 9.41 Å². The molecule has 1 heterocycles. The van der Waals surface area contributed by atoms with Crippen molar-refractivity contribution in [2.75, 3.05) is 5.32 Å². The van der Waals surface area contributed by atoms with Gasteiger partial charge in [-0.3, -0.25) is 4.79 Å². The average Bonchev–Trinajstić information content (AvgIpc) is 2.70. The Bertz CT molecular complexity index is 1160. The predicted molar refractivity (Wildman–Crippen MR) is 108 cm³/mol. The summed E-state index contributed by atoms with van der Waals surface area (Å²) >= 11 is 0. The molecule has 0 aliphatic carbocycles. The largest absolute Gasteiger partial charge is 0.456 e. The van der Waals surface area contributed by atoms with Gasteiger partial charge in [0, 0.05) is 29.6 Å². The molecule has 1 N–H and O–H groups in total. The first-order chi connectivity index (χ1) is 13.2. The van der Waals surface area contributed by atoms with E-state index in [1.807, 2.05) is 84.9 Å². The lowest BCUT2D eigenvalue weighted by Gasteiger charge is -2.05. The molecular formula is C23H18N2O2. The molecule has 4 rings (SSSR count). The topological polar surface area (TPSA) is 54.6 Å². The van der Waals surface area contributed by atoms with Crippen LogP contribution in [0, 0.1) is 0 Å². The fourth-order valence-corrected chi connectivity index (χ4v) is 2.92. The minimum atomic E-state index is -0.0946. The van der Waals surface area contributed by atoms with Gasteiger partial charge in [0.25, 0.3) is 0 Å². The zero-order valence-corrected chi connectivity index (χ0v) is 14.8. The van der Waals surface area contributed by atoms with Crippen LogP contribution in [-0.4, -0.2) is 5.91 Å². The molecule has 4 nitrogen and oxygen atoms in total. The lowest BCUT2D eigenvalue weighted by Crippen LogP contribution is -2.05. The minimum absolute atomic E-state index is 0.0946. The summed E-state index contributed by atoms with van der Waals surface area (Å²) in [6.45, 7) is 1.49. The molecule has 132 valence electrons. The molecule has 3 aromatic carbocycles. The second kappa shape index (κ2) is 7.30. The zero-order chi connectivity index (χ0) is 18.6. The second-order valence-electron chi connectivity index (χ2n) is 6.20. The molecule has 0 aliphatic heterocycles. The van der Waals surface area contributed by atoms with Crippen LogP contribution in [0.1, 0.15) is 6.92 Å². The van der Waals surface area contributed by atoms with Crippen molar-refractivity contribution in [3.63, 3.8) is 0 Å². The Balaban J connectivity index is 1.84. The van der Waals surface area contributed by atoms with Gasteiger partial charge in [-0.2, -0.15) is 0 Å². The summed E-state index contributed by atoms with van der Waals surface area (Å²) in [7, 11) is 0. The van der Waals surface area contributed by atoms with E-state index in [1.165, 1.54) is 6.92 Å². The van der Waals surface area contributed by atoms with Crippen molar-refractivity contribution in [2.24, 2.45) is 4.99 Å². The first kappa shape index (κ1) is 16.8. The number of nitrogens with zero attached hydrogens (tertiary/aromatic N) is 1. The monoisotopic (exact) mass is 354 g/mol. The van der Waals surface area contributed by atoms with Crippen molar-refractivity contribution in [1.29, 1.82) is 0 Å². The van der Waals surface area contributed by atoms with E-state index in [0.717, 1.165) is 39.0 Å². The molecular weight excluding hydrogens is 336 g/mol. The van der Waals surface area contributed by atoms with E-state index < -0.39 is 0 Å². The summed E-state index contributed by atoms with van der Waals surface area (Å²) in [6.07, 6.45) is 0. The Morgan fingerprint density at radius 2 is 1.59 bits per heavy atom. The van der Waals surface area contributed by atoms with Gasteiger partial charge in [0.15, 0.2) is 0 Å². The maximum absolute atomic E-state index is 11.2. The molecule has 0 fully saturated rings. The van der Waals surface area contributed by atoms with Crippen molar-refractivity contribution in [3.8, 4) is 11.3 Å². The van der Waals surface area contributed by atoms with Crippen molar-refractivity contribution in [1.82, 2.24) is 0 Å². The number of rotatable bonds is 3. The fraction of sp³-hybridized carbons (Fsp3) is 0.0435. The maximum Gasteiger partial charge on any atom is 0.221 e. The van der Waals surface area contributed by atoms with Crippen molar-refractivity contribution < 1.29 is 9.21 Å². The first-order valence-corrected chi connectivity index (χ1v) is 8.70. The smallest absolute Gasteiger partial charge is 0.221 e. The molecule has 4 aromatic rings. The van der Waals surface area contributed by atoms with E-state index >= 15 is 0 Å². The first-order valence-electron chi connectivity index (χ1n) is 8.70. The SMILES string of the molecule is CC(=O)Nc1ccc(N=c2cc(-c3ccccc3)oc3ccccc23)cc1. The van der Waals surface area contributed by atoms with Gasteiger partial charge < -0.3 is 9.73 Å². The molecule has 27 heavy (non-hydrogen) atoms. The molecule has 0 atom stereocenters. The second-order valence-corrected chi connectivity index (χ2v) is 6.20. The number of amides is 1. The number of para-hydroxylation sites is 1. The van der Waals surface area contributed by atoms with Gasteiger partial charge in [0.05, 0.1) is 11.0 Å². The highest BCUT2D eigenvalue weighted by molar-refractivity contribution is 5.88. The Morgan fingerprint density at radius 3 is 2.33 bits per heavy atom. The number of hydrogen-bond donors (Lipinski definition) is 1. The third kappa shape index (κ3) is 3.80. The van der Waals surface area contributed by atoms with Crippen LogP contribution in [0.4, 0.5) is 11.4 Å². The van der Waals surface area contributed by atoms with Gasteiger partial charge in [0.1, 0.15) is 11.3 Å². The zero-order valence-electron chi connectivity index (χ0n) is 14.8. The van der Waals surface area contributed by atoms with Crippen molar-refractivity contribution in [2.45, 2.75) is 6.92 Å². The molecule has 1 aromatic heterocycles. The molecule has 0 saturated carbocycles. The van der Waals surface area contributed by atoms with Crippen LogP contribution in [0.3, 0.4) is 0 Å². The van der Waals surface area contributed by atoms with E-state index in [0.29, 0.717) is 0 Å². The molecule has 0 aliphatic rings. The summed E-state index contributed by atoms with van der Waals surface area (Å²) in [4.78, 5) is 16.0. The highest BCUT2D eigenvalue weighted by Gasteiger charge is 2.05. The average molecular weight is 354 g/mol. The summed E-state index contributed by atoms with van der Waals surface area (Å²) in [5.41, 5.74) is 3.34. The predicted octanol–water partition coefficient (Wildman–Crippen LogP) is 5.29. The maximum atomic E-state index is 11.2. The fourth-order valence-electron chi connectivity index (χ4n) is 2.92. The highest BCUT2D eigenvalue weighted by Crippen LogP contribution is 2.23. The Kier molecular flexibility index (Phi) is 4.54. The number of fused-ring (bicyclic) bond motifs is 1. The minimum Gasteiger partial charge on any atom is -0.456 e. The number of carbonyl (C=O) groups excluding carboxylic acids is 1. The van der Waals surface area contributed by atoms with Crippen LogP contribution in [0.2, 0.25) is 0 Å². The number of carbonyl (C=O) groups is 1. The summed E-state index contributed by atoms with van der Waals surface area (Å²) < 4.78 is 6.08. The quantitative estimate of drug-likeness (QED) is 0.543. The molecule has 0 unspecified atom stereocenters. The highest BCUT2D eigenvalue weighted by atomic mass is 16.3. The summed E-state index contributed by atoms with van der Waals surface area (Å²) in [6, 6.07) is 27.2. The number of hydrogen-bond acceptors (Lipinski definition) is 3. The molecule has 0 bridgehead atoms. The third-order valence-electron chi connectivity index (χ3n) is 4.15. The lowest BCUT2D eigenvalue weighted by molar-refractivity contribution is -0.114. The molecule has 1 amide bonds. The number of anilines is 1. The number of nitrogens with one attached hydrogen (secondary N) is 1. The van der Waals surface area contributed by atoms with Crippen molar-refractivity contribution >= 4 is 28.3 Å². The van der Waals surface area contributed by atoms with Gasteiger partial charge in [-0.05, 0) is 36.4 Å². The van der Waals surface area contributed by atoms with Crippen LogP contribution in [0.25, 0.3) is 22.3 Å². The van der Waals surface area contributed by atoms with Gasteiger partial charge >= 0.3 is 0 Å². The van der Waals surface area contributed by atoms with Crippen LogP contribution in [-0.2, 0) is 4.79 Å². The molecule has 4 heteroatoms. The molecule has 0 spiro atoms. The Morgan fingerprint density at radius 1 is 0.889 bits per heavy atom. The summed E-state index contributed by atoms with van der Waals surface area (Å²) in [5.74, 6) is 0.672. The van der Waals surface area contributed by atoms with Crippen LogP contribution >= 0.6 is 0 Å². The van der Waals surface area contributed by atoms with Gasteiger partial charge in [-0.15, -0.1) is 0 Å². The van der Waals surface area contributed by atoms with Crippen LogP contribution < -0.4 is 10.7 Å². The van der Waals surface area contributed by atoms with Crippen LogP contribution in [0.5, 0.6) is 0 Å². The van der Waals surface area contributed by atoms with Gasteiger partial charge in [-0.25, -0.2) is 4.99 Å². The molecule has 0 saturated heterocycles. The van der Waals surface area contributed by atoms with E-state index in [2.05, 4.69) is 5.32 Å². The van der Waals surface area contributed by atoms with Crippen LogP contribution in [0.15, 0.2) is 94.3 Å². The van der Waals surface area contributed by atoms with Gasteiger partial charge in [-0.1, -0.05) is 42.5 Å². The lowest BCUT2D eigenvalue weighted by atomic mass is 10.1. The Labute approximate surface area is 156 Å². The van der Waals surface area contributed by atoms with Gasteiger partial charge in [0.2, 0.25) is 5.91 Å². The normalized spacial score (nSPS) is 11.5. The van der Waals surface area contributed by atoms with E-state index in [9.17, 15) is 4.79 Å². The van der Waals surface area contributed by atoms with E-state index in [1.54, 1.807) is 0 Å². The third-order valence-corrected chi connectivity index (χ3v) is 4.15. The summed E-state index contributed by atoms with van der Waals surface area (Å²) in [5, 5.41) is 4.54. The number of benzene rings is 3. The molecule has 0 radical (unpaired) electrons.